The first-order valence-electron chi connectivity index (χ1n) is 8.78. The van der Waals surface area contributed by atoms with Gasteiger partial charge in [0.25, 0.3) is 0 Å². The van der Waals surface area contributed by atoms with Gasteiger partial charge >= 0.3 is 12.2 Å². The zero-order valence-corrected chi connectivity index (χ0v) is 19.5. The van der Waals surface area contributed by atoms with Gasteiger partial charge in [0.2, 0.25) is 0 Å². The molecule has 0 unspecified atom stereocenters. The van der Waals surface area contributed by atoms with E-state index in [1.54, 1.807) is 41.5 Å². The lowest BCUT2D eigenvalue weighted by Crippen LogP contribution is -2.60. The van der Waals surface area contributed by atoms with Crippen LogP contribution in [0.2, 0.25) is 0 Å². The Kier molecular flexibility index (Phi) is 10.4. The van der Waals surface area contributed by atoms with Gasteiger partial charge in [-0.25, -0.2) is 9.59 Å². The summed E-state index contributed by atoms with van der Waals surface area (Å²) < 4.78 is 10.5. The van der Waals surface area contributed by atoms with Gasteiger partial charge in [-0.3, -0.25) is 9.59 Å². The molecule has 0 aliphatic heterocycles. The molecule has 0 heterocycles. The molecule has 28 heavy (non-hydrogen) atoms. The maximum Gasteiger partial charge on any atom is 0.408 e. The van der Waals surface area contributed by atoms with E-state index in [0.717, 1.165) is 23.5 Å². The van der Waals surface area contributed by atoms with Crippen molar-refractivity contribution in [2.45, 2.75) is 72.1 Å². The largest absolute Gasteiger partial charge is 0.444 e. The van der Waals surface area contributed by atoms with Crippen LogP contribution in [0.3, 0.4) is 0 Å². The van der Waals surface area contributed by atoms with E-state index in [0.29, 0.717) is 0 Å². The Labute approximate surface area is 175 Å². The van der Waals surface area contributed by atoms with Gasteiger partial charge in [0, 0.05) is 31.9 Å². The first-order chi connectivity index (χ1) is 12.5. The number of alkyl carbamates (subject to hydrolysis) is 2. The first-order valence-corrected chi connectivity index (χ1v) is 10.8. The zero-order valence-electron chi connectivity index (χ0n) is 17.9. The molecule has 0 aromatic carbocycles. The highest BCUT2D eigenvalue weighted by molar-refractivity contribution is 8.14. The van der Waals surface area contributed by atoms with E-state index >= 15 is 0 Å². The van der Waals surface area contributed by atoms with Crippen molar-refractivity contribution in [3.8, 4) is 0 Å². The maximum absolute atomic E-state index is 12.4. The molecule has 8 nitrogen and oxygen atoms in total. The number of carbonyl (C=O) groups excluding carboxylic acids is 4. The Bertz CT molecular complexity index is 564. The molecule has 10 heteroatoms. The number of ether oxygens (including phenoxy) is 2. The standard InChI is InChI=1S/C18H32N2O6S2/c1-12(21)27-10-18(11-28-13(2)22,20-15(24)26-17(6,7)8)9-19-14(23)25-16(3,4)5/h9-11H2,1-8H3,(H,19,23)(H,20,24). The van der Waals surface area contributed by atoms with Gasteiger partial charge in [0.05, 0.1) is 5.54 Å². The van der Waals surface area contributed by atoms with Gasteiger partial charge < -0.3 is 20.1 Å². The highest BCUT2D eigenvalue weighted by Gasteiger charge is 2.36. The third kappa shape index (κ3) is 13.7. The minimum absolute atomic E-state index is 0.0400. The Morgan fingerprint density at radius 3 is 1.50 bits per heavy atom. The minimum Gasteiger partial charge on any atom is -0.444 e. The van der Waals surface area contributed by atoms with Crippen molar-refractivity contribution in [1.82, 2.24) is 10.6 Å². The highest BCUT2D eigenvalue weighted by atomic mass is 32.2. The van der Waals surface area contributed by atoms with E-state index in [-0.39, 0.29) is 28.3 Å². The molecule has 0 fully saturated rings. The van der Waals surface area contributed by atoms with Crippen molar-refractivity contribution in [3.05, 3.63) is 0 Å². The van der Waals surface area contributed by atoms with Crippen LogP contribution >= 0.6 is 23.5 Å². The van der Waals surface area contributed by atoms with Crippen LogP contribution in [0.4, 0.5) is 9.59 Å². The predicted molar refractivity (Wildman–Crippen MR) is 113 cm³/mol. The van der Waals surface area contributed by atoms with E-state index in [4.69, 9.17) is 9.47 Å². The summed E-state index contributed by atoms with van der Waals surface area (Å²) in [6, 6.07) is 0. The molecule has 0 saturated carbocycles. The van der Waals surface area contributed by atoms with Crippen molar-refractivity contribution in [3.63, 3.8) is 0 Å². The number of rotatable bonds is 7. The fourth-order valence-corrected chi connectivity index (χ4v) is 3.46. The minimum atomic E-state index is -1.09. The predicted octanol–water partition coefficient (Wildman–Crippen LogP) is 3.33. The molecular formula is C18H32N2O6S2. The lowest BCUT2D eigenvalue weighted by molar-refractivity contribution is -0.109. The second-order valence-corrected chi connectivity index (χ2v) is 10.6. The lowest BCUT2D eigenvalue weighted by atomic mass is 10.1. The van der Waals surface area contributed by atoms with E-state index in [9.17, 15) is 19.2 Å². The third-order valence-corrected chi connectivity index (χ3v) is 5.05. The molecule has 0 aromatic rings. The summed E-state index contributed by atoms with van der Waals surface area (Å²) in [5.41, 5.74) is -2.50. The Balaban J connectivity index is 5.48. The molecule has 0 aromatic heterocycles. The van der Waals surface area contributed by atoms with Crippen LogP contribution in [0.1, 0.15) is 55.4 Å². The molecule has 0 aliphatic carbocycles. The second kappa shape index (κ2) is 10.9. The first kappa shape index (κ1) is 26.6. The molecular weight excluding hydrogens is 404 g/mol. The van der Waals surface area contributed by atoms with Crippen LogP contribution in [-0.4, -0.2) is 57.2 Å². The summed E-state index contributed by atoms with van der Waals surface area (Å²) in [7, 11) is 0. The van der Waals surface area contributed by atoms with Crippen molar-refractivity contribution in [2.24, 2.45) is 0 Å². The summed E-state index contributed by atoms with van der Waals surface area (Å²) >= 11 is 1.98. The number of thioether (sulfide) groups is 2. The molecule has 0 radical (unpaired) electrons. The number of nitrogens with one attached hydrogen (secondary N) is 2. The average molecular weight is 437 g/mol. The molecule has 0 aliphatic rings. The van der Waals surface area contributed by atoms with Gasteiger partial charge in [-0.15, -0.1) is 0 Å². The number of hydrogen-bond acceptors (Lipinski definition) is 8. The number of carbonyl (C=O) groups is 4. The topological polar surface area (TPSA) is 111 Å². The monoisotopic (exact) mass is 436 g/mol. The van der Waals surface area contributed by atoms with E-state index < -0.39 is 28.9 Å². The molecule has 2 N–H and O–H groups in total. The summed E-state index contributed by atoms with van der Waals surface area (Å²) in [6.07, 6.45) is -1.37. The maximum atomic E-state index is 12.4. The lowest BCUT2D eigenvalue weighted by Gasteiger charge is -2.35. The Hall–Kier alpha value is -1.42. The van der Waals surface area contributed by atoms with Gasteiger partial charge in [-0.1, -0.05) is 23.5 Å². The molecule has 0 atom stereocenters. The van der Waals surface area contributed by atoms with E-state index in [1.807, 2.05) is 0 Å². The SMILES string of the molecule is CC(=O)SCC(CNC(=O)OC(C)(C)C)(CSC(C)=O)NC(=O)OC(C)(C)C. The fourth-order valence-electron chi connectivity index (χ4n) is 1.82. The molecule has 2 amide bonds. The number of amides is 2. The van der Waals surface area contributed by atoms with Crippen molar-refractivity contribution in [1.29, 1.82) is 0 Å². The highest BCUT2D eigenvalue weighted by Crippen LogP contribution is 2.22. The van der Waals surface area contributed by atoms with Crippen LogP contribution in [0.15, 0.2) is 0 Å². The Morgan fingerprint density at radius 2 is 1.14 bits per heavy atom. The van der Waals surface area contributed by atoms with Crippen LogP contribution in [0.25, 0.3) is 0 Å². The van der Waals surface area contributed by atoms with Crippen LogP contribution in [-0.2, 0) is 19.1 Å². The third-order valence-electron chi connectivity index (χ3n) is 2.84. The Morgan fingerprint density at radius 1 is 0.750 bits per heavy atom. The van der Waals surface area contributed by atoms with Crippen LogP contribution in [0.5, 0.6) is 0 Å². The molecule has 162 valence electrons. The summed E-state index contributed by atoms with van der Waals surface area (Å²) in [5.74, 6) is 0.301. The quantitative estimate of drug-likeness (QED) is 0.625. The molecule has 0 rings (SSSR count). The van der Waals surface area contributed by atoms with E-state index in [1.165, 1.54) is 13.8 Å². The van der Waals surface area contributed by atoms with Gasteiger partial charge in [0.1, 0.15) is 11.2 Å². The van der Waals surface area contributed by atoms with Gasteiger partial charge in [-0.05, 0) is 41.5 Å². The van der Waals surface area contributed by atoms with Crippen LogP contribution in [0, 0.1) is 0 Å². The van der Waals surface area contributed by atoms with Crippen molar-refractivity contribution < 1.29 is 28.7 Å². The normalized spacial score (nSPS) is 12.1. The smallest absolute Gasteiger partial charge is 0.408 e. The van der Waals surface area contributed by atoms with Gasteiger partial charge in [0.15, 0.2) is 10.2 Å². The second-order valence-electron chi connectivity index (χ2n) is 8.32. The molecule has 0 bridgehead atoms. The van der Waals surface area contributed by atoms with Gasteiger partial charge in [-0.2, -0.15) is 0 Å². The van der Waals surface area contributed by atoms with Crippen molar-refractivity contribution >= 4 is 45.9 Å². The average Bonchev–Trinajstić information content (AvgIpc) is 2.45. The molecule has 0 spiro atoms. The van der Waals surface area contributed by atoms with Crippen molar-refractivity contribution in [2.75, 3.05) is 18.1 Å². The summed E-state index contributed by atoms with van der Waals surface area (Å²) in [6.45, 7) is 13.1. The van der Waals surface area contributed by atoms with Crippen LogP contribution < -0.4 is 10.6 Å². The summed E-state index contributed by atoms with van der Waals surface area (Å²) in [5, 5.41) is 5.05. The molecule has 0 saturated heterocycles. The fraction of sp³-hybridized carbons (Fsp3) is 0.778. The zero-order chi connectivity index (χ0) is 22.2. The summed E-state index contributed by atoms with van der Waals surface area (Å²) in [4.78, 5) is 47.4. The van der Waals surface area contributed by atoms with E-state index in [2.05, 4.69) is 10.6 Å². The number of hydrogen-bond donors (Lipinski definition) is 2.